The van der Waals surface area contributed by atoms with Crippen molar-refractivity contribution in [1.29, 1.82) is 0 Å². The summed E-state index contributed by atoms with van der Waals surface area (Å²) in [5.74, 6) is 1.84. The summed E-state index contributed by atoms with van der Waals surface area (Å²) in [5.41, 5.74) is 0. The lowest BCUT2D eigenvalue weighted by molar-refractivity contribution is -0.0417. The molecule has 0 radical (unpaired) electrons. The molecule has 2 bridgehead atoms. The number of fused-ring (bicyclic) bond motifs is 3. The fourth-order valence-corrected chi connectivity index (χ4v) is 3.97. The van der Waals surface area contributed by atoms with Gasteiger partial charge >= 0.3 is 0 Å². The number of thiophene rings is 1. The average Bonchev–Trinajstić information content (AvgIpc) is 3.04. The van der Waals surface area contributed by atoms with Crippen LogP contribution in [0.25, 0.3) is 10.2 Å². The number of nitrogens with one attached hydrogen (secondary N) is 1. The molecule has 4 heterocycles. The van der Waals surface area contributed by atoms with Crippen molar-refractivity contribution in [3.8, 4) is 0 Å². The van der Waals surface area contributed by atoms with E-state index in [1.807, 2.05) is 7.05 Å². The zero-order valence-corrected chi connectivity index (χ0v) is 12.3. The molecule has 0 aliphatic carbocycles. The number of nitrogens with zero attached hydrogens (tertiary/aromatic N) is 3. The van der Waals surface area contributed by atoms with Crippen molar-refractivity contribution in [2.24, 2.45) is 0 Å². The monoisotopic (exact) mass is 290 g/mol. The van der Waals surface area contributed by atoms with Crippen LogP contribution in [0.1, 0.15) is 18.7 Å². The smallest absolute Gasteiger partial charge is 0.146 e. The molecule has 2 fully saturated rings. The van der Waals surface area contributed by atoms with E-state index in [1.54, 1.807) is 11.3 Å². The first kappa shape index (κ1) is 12.5. The number of aromatic nitrogens is 2. The Morgan fingerprint density at radius 1 is 1.35 bits per heavy atom. The van der Waals surface area contributed by atoms with E-state index in [0.717, 1.165) is 41.5 Å². The van der Waals surface area contributed by atoms with Crippen LogP contribution >= 0.6 is 11.3 Å². The van der Waals surface area contributed by atoms with Crippen LogP contribution in [0.15, 0.2) is 11.4 Å². The van der Waals surface area contributed by atoms with Gasteiger partial charge in [0.05, 0.1) is 24.1 Å². The zero-order chi connectivity index (χ0) is 13.5. The highest BCUT2D eigenvalue weighted by Crippen LogP contribution is 2.28. The molecule has 2 aliphatic heterocycles. The van der Waals surface area contributed by atoms with Gasteiger partial charge in [-0.2, -0.15) is 0 Å². The maximum atomic E-state index is 5.88. The third kappa shape index (κ3) is 2.17. The number of likely N-dealkylation sites (tertiary alicyclic amines) is 1. The SMILES string of the molecule is CNc1nc(CN2CC3CCC(C2)O3)nc2sccc12. The van der Waals surface area contributed by atoms with Gasteiger partial charge in [0.15, 0.2) is 0 Å². The highest BCUT2D eigenvalue weighted by molar-refractivity contribution is 7.16. The normalized spacial score (nSPS) is 26.2. The molecule has 106 valence electrons. The van der Waals surface area contributed by atoms with Crippen molar-refractivity contribution >= 4 is 27.4 Å². The van der Waals surface area contributed by atoms with Gasteiger partial charge in [0.25, 0.3) is 0 Å². The molecular weight excluding hydrogens is 272 g/mol. The highest BCUT2D eigenvalue weighted by Gasteiger charge is 2.33. The van der Waals surface area contributed by atoms with Crippen LogP contribution < -0.4 is 5.32 Å². The highest BCUT2D eigenvalue weighted by atomic mass is 32.1. The second-order valence-electron chi connectivity index (χ2n) is 5.53. The van der Waals surface area contributed by atoms with E-state index in [4.69, 9.17) is 9.72 Å². The molecule has 1 N–H and O–H groups in total. The Balaban J connectivity index is 1.59. The minimum Gasteiger partial charge on any atom is -0.372 e. The van der Waals surface area contributed by atoms with Gasteiger partial charge in [-0.25, -0.2) is 9.97 Å². The molecule has 6 heteroatoms. The summed E-state index contributed by atoms with van der Waals surface area (Å²) in [6.45, 7) is 2.84. The molecule has 2 aromatic rings. The summed E-state index contributed by atoms with van der Waals surface area (Å²) in [6.07, 6.45) is 3.24. The fraction of sp³-hybridized carbons (Fsp3) is 0.571. The molecule has 2 saturated heterocycles. The Labute approximate surface area is 122 Å². The van der Waals surface area contributed by atoms with Crippen molar-refractivity contribution in [3.63, 3.8) is 0 Å². The summed E-state index contributed by atoms with van der Waals surface area (Å²) in [7, 11) is 1.91. The summed E-state index contributed by atoms with van der Waals surface area (Å²) in [4.78, 5) is 12.8. The zero-order valence-electron chi connectivity index (χ0n) is 11.5. The predicted molar refractivity (Wildman–Crippen MR) is 80.1 cm³/mol. The fourth-order valence-electron chi connectivity index (χ4n) is 3.19. The Morgan fingerprint density at radius 3 is 2.90 bits per heavy atom. The van der Waals surface area contributed by atoms with Gasteiger partial charge in [-0.05, 0) is 24.3 Å². The van der Waals surface area contributed by atoms with Gasteiger partial charge in [-0.3, -0.25) is 4.90 Å². The van der Waals surface area contributed by atoms with Crippen LogP contribution in [-0.4, -0.2) is 47.2 Å². The summed E-state index contributed by atoms with van der Waals surface area (Å²) >= 11 is 1.67. The number of morpholine rings is 1. The molecule has 5 nitrogen and oxygen atoms in total. The maximum Gasteiger partial charge on any atom is 0.146 e. The van der Waals surface area contributed by atoms with E-state index < -0.39 is 0 Å². The lowest BCUT2D eigenvalue weighted by Gasteiger charge is -2.31. The van der Waals surface area contributed by atoms with Crippen molar-refractivity contribution in [1.82, 2.24) is 14.9 Å². The van der Waals surface area contributed by atoms with Gasteiger partial charge < -0.3 is 10.1 Å². The van der Waals surface area contributed by atoms with Crippen LogP contribution in [0.2, 0.25) is 0 Å². The second kappa shape index (κ2) is 4.95. The Bertz CT molecular complexity index is 617. The van der Waals surface area contributed by atoms with Gasteiger partial charge in [-0.1, -0.05) is 0 Å². The van der Waals surface area contributed by atoms with E-state index in [0.29, 0.717) is 12.2 Å². The number of ether oxygens (including phenoxy) is 1. The minimum atomic E-state index is 0.419. The van der Waals surface area contributed by atoms with E-state index in [1.165, 1.54) is 12.8 Å². The molecule has 2 aliphatic rings. The number of hydrogen-bond donors (Lipinski definition) is 1. The summed E-state index contributed by atoms with van der Waals surface area (Å²) in [6, 6.07) is 2.07. The first-order chi connectivity index (χ1) is 9.81. The molecule has 4 rings (SSSR count). The lowest BCUT2D eigenvalue weighted by atomic mass is 10.2. The molecule has 0 saturated carbocycles. The second-order valence-corrected chi connectivity index (χ2v) is 6.42. The predicted octanol–water partition coefficient (Wildman–Crippen LogP) is 2.10. The van der Waals surface area contributed by atoms with Crippen LogP contribution in [0.4, 0.5) is 5.82 Å². The molecule has 0 spiro atoms. The summed E-state index contributed by atoms with van der Waals surface area (Å²) < 4.78 is 5.88. The Morgan fingerprint density at radius 2 is 2.15 bits per heavy atom. The third-order valence-electron chi connectivity index (χ3n) is 4.09. The molecular formula is C14H18N4OS. The van der Waals surface area contributed by atoms with Crippen molar-refractivity contribution in [2.45, 2.75) is 31.6 Å². The van der Waals surface area contributed by atoms with Crippen LogP contribution in [-0.2, 0) is 11.3 Å². The van der Waals surface area contributed by atoms with Crippen LogP contribution in [0.5, 0.6) is 0 Å². The number of rotatable bonds is 3. The van der Waals surface area contributed by atoms with Gasteiger partial charge in [0, 0.05) is 20.1 Å². The molecule has 0 amide bonds. The van der Waals surface area contributed by atoms with E-state index >= 15 is 0 Å². The minimum absolute atomic E-state index is 0.419. The lowest BCUT2D eigenvalue weighted by Crippen LogP contribution is -2.42. The Hall–Kier alpha value is -1.24. The Kier molecular flexibility index (Phi) is 3.09. The number of anilines is 1. The third-order valence-corrected chi connectivity index (χ3v) is 4.90. The quantitative estimate of drug-likeness (QED) is 0.938. The van der Waals surface area contributed by atoms with Crippen molar-refractivity contribution < 1.29 is 4.74 Å². The summed E-state index contributed by atoms with van der Waals surface area (Å²) in [5, 5.41) is 6.36. The first-order valence-electron chi connectivity index (χ1n) is 7.11. The molecule has 2 aromatic heterocycles. The molecule has 2 atom stereocenters. The van der Waals surface area contributed by atoms with Crippen molar-refractivity contribution in [2.75, 3.05) is 25.5 Å². The van der Waals surface area contributed by atoms with Gasteiger partial charge in [-0.15, -0.1) is 11.3 Å². The first-order valence-corrected chi connectivity index (χ1v) is 7.99. The van der Waals surface area contributed by atoms with E-state index in [2.05, 4.69) is 26.6 Å². The van der Waals surface area contributed by atoms with E-state index in [-0.39, 0.29) is 0 Å². The number of hydrogen-bond acceptors (Lipinski definition) is 6. The van der Waals surface area contributed by atoms with Crippen LogP contribution in [0.3, 0.4) is 0 Å². The maximum absolute atomic E-state index is 5.88. The standard InChI is InChI=1S/C14H18N4OS/c1-15-13-11-4-5-20-14(11)17-12(16-13)8-18-6-9-2-3-10(7-18)19-9/h4-5,9-10H,2-3,6-8H2,1H3,(H,15,16,17). The molecule has 0 aromatic carbocycles. The van der Waals surface area contributed by atoms with Gasteiger partial charge in [0.2, 0.25) is 0 Å². The topological polar surface area (TPSA) is 50.3 Å². The van der Waals surface area contributed by atoms with E-state index in [9.17, 15) is 0 Å². The average molecular weight is 290 g/mol. The molecule has 2 unspecified atom stereocenters. The largest absolute Gasteiger partial charge is 0.372 e. The molecule has 20 heavy (non-hydrogen) atoms. The van der Waals surface area contributed by atoms with Crippen molar-refractivity contribution in [3.05, 3.63) is 17.3 Å². The van der Waals surface area contributed by atoms with Gasteiger partial charge in [0.1, 0.15) is 16.5 Å². The van der Waals surface area contributed by atoms with Crippen LogP contribution in [0, 0.1) is 0 Å².